The molecule has 1 aliphatic rings. The fourth-order valence-corrected chi connectivity index (χ4v) is 15.7. The molecule has 1 unspecified atom stereocenters. The molecule has 0 bridgehead atoms. The molecule has 0 aromatic carbocycles. The number of aliphatic carboxylic acids is 1. The molecule has 1 fully saturated rings. The van der Waals surface area contributed by atoms with Crippen molar-refractivity contribution in [2.24, 2.45) is 29.6 Å². The van der Waals surface area contributed by atoms with E-state index in [-0.39, 0.29) is 5.92 Å². The van der Waals surface area contributed by atoms with Gasteiger partial charge in [-0.15, -0.1) is 0 Å². The van der Waals surface area contributed by atoms with Gasteiger partial charge in [-0.25, -0.2) is 0 Å². The first-order valence-electron chi connectivity index (χ1n) is 43.2. The molecular weight excluding hydrogens is 1110 g/mol. The van der Waals surface area contributed by atoms with E-state index in [1.54, 1.807) is 0 Å². The normalized spacial score (nSPS) is 15.4. The highest BCUT2D eigenvalue weighted by Crippen LogP contribution is 2.49. The van der Waals surface area contributed by atoms with Crippen LogP contribution in [0.25, 0.3) is 0 Å². The van der Waals surface area contributed by atoms with E-state index < -0.39 is 18.0 Å². The Labute approximate surface area is 573 Å². The molecule has 542 valence electrons. The highest BCUT2D eigenvalue weighted by atomic mass is 16.4. The molecule has 1 aliphatic carbocycles. The van der Waals surface area contributed by atoms with Gasteiger partial charge >= 0.3 is 5.97 Å². The van der Waals surface area contributed by atoms with Crippen molar-refractivity contribution in [3.8, 4) is 0 Å². The topological polar surface area (TPSA) is 74.6 Å². The van der Waals surface area contributed by atoms with Crippen molar-refractivity contribution >= 4 is 11.8 Å². The Morgan fingerprint density at radius 3 is 0.813 bits per heavy atom. The van der Waals surface area contributed by atoms with Crippen LogP contribution >= 0.6 is 0 Å². The Balaban J connectivity index is 1.77. The van der Waals surface area contributed by atoms with Crippen molar-refractivity contribution in [2.45, 2.75) is 515 Å². The van der Waals surface area contributed by atoms with E-state index in [1.165, 1.54) is 424 Å². The highest BCUT2D eigenvalue weighted by molar-refractivity contribution is 5.80. The number of unbranched alkanes of at least 4 members (excludes halogenated alkanes) is 64. The second kappa shape index (κ2) is 71.9. The number of aliphatic hydroxyl groups is 1. The summed E-state index contributed by atoms with van der Waals surface area (Å²) in [7, 11) is 0. The molecule has 0 aromatic heterocycles. The molecule has 1 rings (SSSR count). The van der Waals surface area contributed by atoms with E-state index in [1.807, 2.05) is 0 Å². The predicted octanol–water partition coefficient (Wildman–Crippen LogP) is 30.4. The Morgan fingerprint density at radius 1 is 0.297 bits per heavy atom. The second-order valence-electron chi connectivity index (χ2n) is 31.5. The standard InChI is InChI=1S/C87H170O4/c1-5-7-9-11-13-15-17-19-21-23-24-25-26-27-28-33-40-46-52-58-64-70-76-83(87(90)91)86(89)78-72-66-60-54-48-42-36-35-39-45-51-57-63-69-75-82-79-84(82)80(3)73-67-61-55-49-43-37-32-29-30-34-41-47-53-59-65-71-77-85(88)81(4)74-68-62-56-50-44-38-31-22-20-18-16-14-12-10-8-6-2/h80-84,86,89H,5-79H2,1-4H3,(H,90,91)/t80-,81?,82-,83-,84-,86-/m1/s1. The number of ketones is 1. The van der Waals surface area contributed by atoms with Crippen molar-refractivity contribution in [2.75, 3.05) is 0 Å². The number of carbonyl (C=O) groups excluding carboxylic acids is 1. The maximum atomic E-state index is 12.7. The molecule has 4 heteroatoms. The van der Waals surface area contributed by atoms with Gasteiger partial charge in [0.1, 0.15) is 5.78 Å². The monoisotopic (exact) mass is 1280 g/mol. The Hall–Kier alpha value is -0.900. The van der Waals surface area contributed by atoms with E-state index in [9.17, 15) is 19.8 Å². The molecule has 0 amide bonds. The summed E-state index contributed by atoms with van der Waals surface area (Å²) in [6, 6.07) is 0. The van der Waals surface area contributed by atoms with Crippen LogP contribution in [-0.2, 0) is 9.59 Å². The average Bonchev–Trinajstić information content (AvgIpc) is 2.01. The molecule has 0 aliphatic heterocycles. The van der Waals surface area contributed by atoms with Gasteiger partial charge in [-0.1, -0.05) is 471 Å². The van der Waals surface area contributed by atoms with E-state index in [0.29, 0.717) is 18.6 Å². The first kappa shape index (κ1) is 88.1. The lowest BCUT2D eigenvalue weighted by Gasteiger charge is -2.19. The smallest absolute Gasteiger partial charge is 0.309 e. The van der Waals surface area contributed by atoms with Gasteiger partial charge < -0.3 is 10.2 Å². The highest BCUT2D eigenvalue weighted by Gasteiger charge is 2.39. The quantitative estimate of drug-likeness (QED) is 0.0595. The lowest BCUT2D eigenvalue weighted by Crippen LogP contribution is -2.28. The summed E-state index contributed by atoms with van der Waals surface area (Å²) in [6.45, 7) is 9.36. The van der Waals surface area contributed by atoms with Crippen LogP contribution in [0.3, 0.4) is 0 Å². The summed E-state index contributed by atoms with van der Waals surface area (Å²) in [4.78, 5) is 24.7. The summed E-state index contributed by atoms with van der Waals surface area (Å²) in [5.41, 5.74) is 0. The van der Waals surface area contributed by atoms with Crippen molar-refractivity contribution in [3.05, 3.63) is 0 Å². The minimum absolute atomic E-state index is 0.281. The van der Waals surface area contributed by atoms with Gasteiger partial charge in [-0.2, -0.15) is 0 Å². The number of carboxylic acid groups (broad SMARTS) is 1. The van der Waals surface area contributed by atoms with E-state index in [2.05, 4.69) is 27.7 Å². The second-order valence-corrected chi connectivity index (χ2v) is 31.5. The lowest BCUT2D eigenvalue weighted by molar-refractivity contribution is -0.146. The first-order chi connectivity index (χ1) is 44.8. The molecule has 0 spiro atoms. The Kier molecular flexibility index (Phi) is 69.6. The van der Waals surface area contributed by atoms with Gasteiger partial charge in [-0.05, 0) is 49.9 Å². The number of hydrogen-bond donors (Lipinski definition) is 2. The molecule has 0 radical (unpaired) electrons. The molecule has 0 saturated heterocycles. The van der Waals surface area contributed by atoms with Crippen molar-refractivity contribution in [3.63, 3.8) is 0 Å². The molecule has 6 atom stereocenters. The van der Waals surface area contributed by atoms with Crippen LogP contribution in [0.1, 0.15) is 509 Å². The zero-order valence-electron chi connectivity index (χ0n) is 63.2. The zero-order valence-corrected chi connectivity index (χ0v) is 63.2. The fourth-order valence-electron chi connectivity index (χ4n) is 15.7. The minimum atomic E-state index is -0.800. The zero-order chi connectivity index (χ0) is 65.7. The van der Waals surface area contributed by atoms with Crippen LogP contribution in [0.5, 0.6) is 0 Å². The number of hydrogen-bond acceptors (Lipinski definition) is 3. The molecular formula is C87H170O4. The molecule has 0 aromatic rings. The Bertz CT molecular complexity index is 1430. The number of aliphatic hydroxyl groups excluding tert-OH is 1. The number of carboxylic acids is 1. The third-order valence-electron chi connectivity index (χ3n) is 22.6. The van der Waals surface area contributed by atoms with E-state index in [0.717, 1.165) is 62.7 Å². The van der Waals surface area contributed by atoms with Crippen molar-refractivity contribution in [1.29, 1.82) is 0 Å². The van der Waals surface area contributed by atoms with Gasteiger partial charge in [-0.3, -0.25) is 9.59 Å². The predicted molar refractivity (Wildman–Crippen MR) is 405 cm³/mol. The van der Waals surface area contributed by atoms with Crippen LogP contribution in [0.15, 0.2) is 0 Å². The van der Waals surface area contributed by atoms with E-state index in [4.69, 9.17) is 0 Å². The first-order valence-corrected chi connectivity index (χ1v) is 43.2. The van der Waals surface area contributed by atoms with Crippen LogP contribution in [-0.4, -0.2) is 28.1 Å². The van der Waals surface area contributed by atoms with Gasteiger partial charge in [0.25, 0.3) is 0 Å². The number of rotatable bonds is 80. The summed E-state index contributed by atoms with van der Waals surface area (Å²) in [6.07, 6.45) is 101. The summed E-state index contributed by atoms with van der Waals surface area (Å²) < 4.78 is 0. The SMILES string of the molecule is CCCCCCCCCCCCCCCCCCCCCCCC[C@@H](C(=O)O)[C@H](O)CCCCCCCCCCCCCCCC[C@@H]1C[C@@H]1[C@H](C)CCCCCCCCCCCCCCCCCCC(=O)C(C)CCCCCCCCCCCCCCCCCC. The van der Waals surface area contributed by atoms with Gasteiger partial charge in [0.05, 0.1) is 12.0 Å². The fraction of sp³-hybridized carbons (Fsp3) is 0.977. The summed E-state index contributed by atoms with van der Waals surface area (Å²) in [5.74, 6) is 2.49. The maximum absolute atomic E-state index is 12.7. The van der Waals surface area contributed by atoms with Crippen LogP contribution in [0.4, 0.5) is 0 Å². The van der Waals surface area contributed by atoms with Gasteiger partial charge in [0.2, 0.25) is 0 Å². The lowest BCUT2D eigenvalue weighted by atomic mass is 9.91. The van der Waals surface area contributed by atoms with Gasteiger partial charge in [0, 0.05) is 12.3 Å². The third kappa shape index (κ3) is 63.6. The minimum Gasteiger partial charge on any atom is -0.481 e. The van der Waals surface area contributed by atoms with Crippen molar-refractivity contribution in [1.82, 2.24) is 0 Å². The van der Waals surface area contributed by atoms with E-state index >= 15 is 0 Å². The number of Topliss-reactive ketones (excluding diaryl/α,β-unsaturated/α-hetero) is 1. The molecule has 2 N–H and O–H groups in total. The maximum Gasteiger partial charge on any atom is 0.309 e. The molecule has 91 heavy (non-hydrogen) atoms. The average molecular weight is 1280 g/mol. The number of carbonyl (C=O) groups is 2. The van der Waals surface area contributed by atoms with Crippen LogP contribution in [0, 0.1) is 29.6 Å². The third-order valence-corrected chi connectivity index (χ3v) is 22.6. The molecule has 0 heterocycles. The summed E-state index contributed by atoms with van der Waals surface area (Å²) >= 11 is 0. The Morgan fingerprint density at radius 2 is 0.527 bits per heavy atom. The van der Waals surface area contributed by atoms with Crippen LogP contribution < -0.4 is 0 Å². The molecule has 4 nitrogen and oxygen atoms in total. The molecule has 1 saturated carbocycles. The summed E-state index contributed by atoms with van der Waals surface area (Å²) in [5, 5.41) is 20.6. The van der Waals surface area contributed by atoms with Crippen molar-refractivity contribution < 1.29 is 19.8 Å². The van der Waals surface area contributed by atoms with Gasteiger partial charge in [0.15, 0.2) is 0 Å². The largest absolute Gasteiger partial charge is 0.481 e. The van der Waals surface area contributed by atoms with Crippen LogP contribution in [0.2, 0.25) is 0 Å².